The molecule has 0 bridgehead atoms. The van der Waals surface area contributed by atoms with Crippen molar-refractivity contribution in [3.05, 3.63) is 69.7 Å². The Hall–Kier alpha value is -1.45. The van der Waals surface area contributed by atoms with E-state index in [1.165, 1.54) is 12.1 Å². The summed E-state index contributed by atoms with van der Waals surface area (Å²) in [6, 6.07) is 9.38. The second-order valence-electron chi connectivity index (χ2n) is 5.08. The fourth-order valence-electron chi connectivity index (χ4n) is 2.36. The number of likely N-dealkylation sites (N-methyl/N-ethyl adjacent to an activating group) is 1. The molecule has 0 aromatic heterocycles. The van der Waals surface area contributed by atoms with Gasteiger partial charge < -0.3 is 5.32 Å². The highest BCUT2D eigenvalue weighted by Gasteiger charge is 2.16. The van der Waals surface area contributed by atoms with Crippen LogP contribution in [-0.4, -0.2) is 6.54 Å². The number of nitrogens with one attached hydrogen (secondary N) is 1. The molecule has 0 saturated carbocycles. The van der Waals surface area contributed by atoms with Crippen LogP contribution in [0.1, 0.15) is 29.7 Å². The second kappa shape index (κ2) is 7.01. The van der Waals surface area contributed by atoms with E-state index in [9.17, 15) is 8.78 Å². The molecular formula is C17H18ClF2N. The molecule has 0 saturated heterocycles. The van der Waals surface area contributed by atoms with Crippen LogP contribution < -0.4 is 5.32 Å². The van der Waals surface area contributed by atoms with Gasteiger partial charge in [0.15, 0.2) is 0 Å². The van der Waals surface area contributed by atoms with Crippen molar-refractivity contribution in [2.45, 2.75) is 26.3 Å². The first-order chi connectivity index (χ1) is 10.0. The Morgan fingerprint density at radius 1 is 1.14 bits per heavy atom. The van der Waals surface area contributed by atoms with Crippen molar-refractivity contribution in [1.29, 1.82) is 0 Å². The van der Waals surface area contributed by atoms with Crippen molar-refractivity contribution in [3.8, 4) is 0 Å². The molecule has 1 atom stereocenters. The largest absolute Gasteiger partial charge is 0.310 e. The molecule has 0 spiro atoms. The summed E-state index contributed by atoms with van der Waals surface area (Å²) in [4.78, 5) is 0. The molecule has 2 aromatic carbocycles. The van der Waals surface area contributed by atoms with Crippen LogP contribution in [-0.2, 0) is 6.42 Å². The zero-order valence-electron chi connectivity index (χ0n) is 12.1. The van der Waals surface area contributed by atoms with Gasteiger partial charge in [-0.3, -0.25) is 0 Å². The van der Waals surface area contributed by atoms with Gasteiger partial charge in [0, 0.05) is 17.1 Å². The summed E-state index contributed by atoms with van der Waals surface area (Å²) in [5.41, 5.74) is 2.47. The van der Waals surface area contributed by atoms with E-state index in [-0.39, 0.29) is 6.04 Å². The van der Waals surface area contributed by atoms with Crippen molar-refractivity contribution < 1.29 is 8.78 Å². The van der Waals surface area contributed by atoms with E-state index in [1.54, 1.807) is 0 Å². The summed E-state index contributed by atoms with van der Waals surface area (Å²) in [6.07, 6.45) is 0.419. The molecule has 0 amide bonds. The summed E-state index contributed by atoms with van der Waals surface area (Å²) in [6.45, 7) is 4.69. The molecule has 1 unspecified atom stereocenters. The predicted molar refractivity (Wildman–Crippen MR) is 82.7 cm³/mol. The molecule has 21 heavy (non-hydrogen) atoms. The average Bonchev–Trinajstić information content (AvgIpc) is 2.41. The molecule has 112 valence electrons. The van der Waals surface area contributed by atoms with Gasteiger partial charge in [0.05, 0.1) is 0 Å². The quantitative estimate of drug-likeness (QED) is 0.835. The molecule has 0 aliphatic rings. The Morgan fingerprint density at radius 3 is 2.52 bits per heavy atom. The molecule has 0 radical (unpaired) electrons. The van der Waals surface area contributed by atoms with Gasteiger partial charge in [-0.05, 0) is 48.7 Å². The topological polar surface area (TPSA) is 12.0 Å². The van der Waals surface area contributed by atoms with Crippen LogP contribution in [0.2, 0.25) is 5.02 Å². The zero-order valence-corrected chi connectivity index (χ0v) is 12.8. The van der Waals surface area contributed by atoms with Crippen molar-refractivity contribution in [1.82, 2.24) is 5.32 Å². The van der Waals surface area contributed by atoms with Gasteiger partial charge >= 0.3 is 0 Å². The van der Waals surface area contributed by atoms with Crippen LogP contribution in [0, 0.1) is 18.6 Å². The van der Waals surface area contributed by atoms with Gasteiger partial charge in [-0.2, -0.15) is 0 Å². The monoisotopic (exact) mass is 309 g/mol. The first-order valence-corrected chi connectivity index (χ1v) is 7.32. The normalized spacial score (nSPS) is 12.4. The lowest BCUT2D eigenvalue weighted by molar-refractivity contribution is 0.521. The van der Waals surface area contributed by atoms with Gasteiger partial charge in [-0.15, -0.1) is 0 Å². The van der Waals surface area contributed by atoms with Gasteiger partial charge in [-0.25, -0.2) is 8.78 Å². The van der Waals surface area contributed by atoms with Gasteiger partial charge in [0.25, 0.3) is 0 Å². The van der Waals surface area contributed by atoms with Crippen LogP contribution in [0.5, 0.6) is 0 Å². The first-order valence-electron chi connectivity index (χ1n) is 6.94. The van der Waals surface area contributed by atoms with Crippen molar-refractivity contribution in [2.75, 3.05) is 6.54 Å². The maximum Gasteiger partial charge on any atom is 0.129 e. The van der Waals surface area contributed by atoms with E-state index in [1.807, 2.05) is 32.0 Å². The van der Waals surface area contributed by atoms with E-state index in [0.29, 0.717) is 17.0 Å². The Kier molecular flexibility index (Phi) is 5.32. The molecule has 0 aliphatic carbocycles. The highest BCUT2D eigenvalue weighted by molar-refractivity contribution is 6.31. The molecule has 2 aromatic rings. The first kappa shape index (κ1) is 15.9. The highest BCUT2D eigenvalue weighted by Crippen LogP contribution is 2.27. The summed E-state index contributed by atoms with van der Waals surface area (Å²) < 4.78 is 26.8. The molecule has 0 heterocycles. The summed E-state index contributed by atoms with van der Waals surface area (Å²) in [5.74, 6) is -1.09. The third-order valence-corrected chi connectivity index (χ3v) is 3.75. The lowest BCUT2D eigenvalue weighted by atomic mass is 9.97. The van der Waals surface area contributed by atoms with Gasteiger partial charge in [0.2, 0.25) is 0 Å². The summed E-state index contributed by atoms with van der Waals surface area (Å²) >= 11 is 6.30. The smallest absolute Gasteiger partial charge is 0.129 e. The Balaban J connectivity index is 2.30. The minimum atomic E-state index is -0.565. The molecule has 4 heteroatoms. The highest BCUT2D eigenvalue weighted by atomic mass is 35.5. The van der Waals surface area contributed by atoms with E-state index >= 15 is 0 Å². The standard InChI is InChI=1S/C17H18ClF2N/c1-3-21-17(14-7-4-11(2)8-15(14)18)9-12-5-6-13(19)10-16(12)20/h4-8,10,17,21H,3,9H2,1-2H3. The Labute approximate surface area is 128 Å². The van der Waals surface area contributed by atoms with Gasteiger partial charge in [-0.1, -0.05) is 36.7 Å². The van der Waals surface area contributed by atoms with E-state index in [0.717, 1.165) is 23.7 Å². The lowest BCUT2D eigenvalue weighted by Crippen LogP contribution is -2.23. The zero-order chi connectivity index (χ0) is 15.4. The number of aryl methyl sites for hydroxylation is 1. The number of rotatable bonds is 5. The van der Waals surface area contributed by atoms with Crippen LogP contribution in [0.15, 0.2) is 36.4 Å². The fourth-order valence-corrected chi connectivity index (χ4v) is 2.73. The van der Waals surface area contributed by atoms with E-state index < -0.39 is 11.6 Å². The van der Waals surface area contributed by atoms with Crippen molar-refractivity contribution in [2.24, 2.45) is 0 Å². The minimum Gasteiger partial charge on any atom is -0.310 e. The second-order valence-corrected chi connectivity index (χ2v) is 5.48. The lowest BCUT2D eigenvalue weighted by Gasteiger charge is -2.20. The van der Waals surface area contributed by atoms with Crippen molar-refractivity contribution in [3.63, 3.8) is 0 Å². The van der Waals surface area contributed by atoms with E-state index in [4.69, 9.17) is 11.6 Å². The van der Waals surface area contributed by atoms with Gasteiger partial charge in [0.1, 0.15) is 11.6 Å². The number of hydrogen-bond donors (Lipinski definition) is 1. The molecule has 2 rings (SSSR count). The number of hydrogen-bond acceptors (Lipinski definition) is 1. The maximum atomic E-state index is 13.8. The molecule has 0 fully saturated rings. The van der Waals surface area contributed by atoms with E-state index in [2.05, 4.69) is 5.32 Å². The Morgan fingerprint density at radius 2 is 1.90 bits per heavy atom. The van der Waals surface area contributed by atoms with Crippen LogP contribution in [0.4, 0.5) is 8.78 Å². The van der Waals surface area contributed by atoms with Crippen molar-refractivity contribution >= 4 is 11.6 Å². The minimum absolute atomic E-state index is 0.108. The fraction of sp³-hybridized carbons (Fsp3) is 0.294. The predicted octanol–water partition coefficient (Wildman–Crippen LogP) is 4.82. The van der Waals surface area contributed by atoms with Crippen LogP contribution >= 0.6 is 11.6 Å². The summed E-state index contributed by atoms with van der Waals surface area (Å²) in [5, 5.41) is 3.96. The number of halogens is 3. The average molecular weight is 310 g/mol. The molecule has 1 nitrogen and oxygen atoms in total. The maximum absolute atomic E-state index is 13.8. The molecular weight excluding hydrogens is 292 g/mol. The summed E-state index contributed by atoms with van der Waals surface area (Å²) in [7, 11) is 0. The molecule has 0 aliphatic heterocycles. The Bertz CT molecular complexity index is 628. The third-order valence-electron chi connectivity index (χ3n) is 3.42. The molecule has 1 N–H and O–H groups in total. The number of benzene rings is 2. The SMILES string of the molecule is CCNC(Cc1ccc(F)cc1F)c1ccc(C)cc1Cl. The third kappa shape index (κ3) is 4.02. The van der Waals surface area contributed by atoms with Crippen LogP contribution in [0.25, 0.3) is 0 Å². The van der Waals surface area contributed by atoms with Crippen LogP contribution in [0.3, 0.4) is 0 Å².